The Hall–Kier alpha value is -3.12. The minimum atomic E-state index is -0.516. The van der Waals surface area contributed by atoms with E-state index in [2.05, 4.69) is 26.1 Å². The average Bonchev–Trinajstić information content (AvgIpc) is 2.80. The third-order valence-corrected chi connectivity index (χ3v) is 6.69. The highest BCUT2D eigenvalue weighted by atomic mass is 35.5. The van der Waals surface area contributed by atoms with Crippen LogP contribution in [-0.4, -0.2) is 30.6 Å². The predicted octanol–water partition coefficient (Wildman–Crippen LogP) is 5.84. The van der Waals surface area contributed by atoms with Gasteiger partial charge in [0.1, 0.15) is 5.75 Å². The van der Waals surface area contributed by atoms with Gasteiger partial charge in [-0.2, -0.15) is 0 Å². The average molecular weight is 481 g/mol. The molecule has 1 aliphatic carbocycles. The van der Waals surface area contributed by atoms with Crippen molar-refractivity contribution >= 4 is 40.1 Å². The number of nitrogens with zero attached hydrogens (tertiary/aromatic N) is 1. The quantitative estimate of drug-likeness (QED) is 0.464. The lowest BCUT2D eigenvalue weighted by Gasteiger charge is -2.35. The van der Waals surface area contributed by atoms with Crippen LogP contribution in [0.5, 0.6) is 5.75 Å². The largest absolute Gasteiger partial charge is 0.495 e. The number of para-hydroxylation sites is 1. The van der Waals surface area contributed by atoms with E-state index in [9.17, 15) is 9.59 Å². The first-order valence-electron chi connectivity index (χ1n) is 11.4. The smallest absolute Gasteiger partial charge is 0.339 e. The van der Waals surface area contributed by atoms with E-state index >= 15 is 0 Å². The number of methoxy groups -OCH3 is 1. The van der Waals surface area contributed by atoms with Crippen molar-refractivity contribution in [2.45, 2.75) is 40.0 Å². The molecule has 1 atom stereocenters. The van der Waals surface area contributed by atoms with Gasteiger partial charge in [-0.3, -0.25) is 9.78 Å². The number of esters is 1. The van der Waals surface area contributed by atoms with Gasteiger partial charge in [-0.1, -0.05) is 50.6 Å². The Balaban J connectivity index is 1.59. The fraction of sp³-hybridized carbons (Fsp3) is 0.370. The Bertz CT molecular complexity index is 1250. The highest BCUT2D eigenvalue weighted by Crippen LogP contribution is 2.39. The summed E-state index contributed by atoms with van der Waals surface area (Å²) in [5, 5.41) is 3.90. The molecular formula is C27H29ClN2O4. The van der Waals surface area contributed by atoms with Gasteiger partial charge >= 0.3 is 5.97 Å². The number of carbonyl (C=O) groups is 2. The van der Waals surface area contributed by atoms with Crippen LogP contribution in [0.2, 0.25) is 5.02 Å². The van der Waals surface area contributed by atoms with E-state index in [1.165, 1.54) is 7.11 Å². The molecule has 7 heteroatoms. The van der Waals surface area contributed by atoms with Gasteiger partial charge in [-0.15, -0.1) is 0 Å². The van der Waals surface area contributed by atoms with Crippen molar-refractivity contribution in [3.8, 4) is 5.75 Å². The van der Waals surface area contributed by atoms with Crippen LogP contribution >= 0.6 is 11.6 Å². The number of anilines is 1. The van der Waals surface area contributed by atoms with Gasteiger partial charge in [0.25, 0.3) is 5.91 Å². The molecule has 1 unspecified atom stereocenters. The molecule has 0 spiro atoms. The van der Waals surface area contributed by atoms with Crippen LogP contribution in [0.25, 0.3) is 10.9 Å². The number of ether oxygens (including phenoxy) is 2. The standard InChI is InChI=1S/C27H29ClN2O4/c1-27(2,3)16-9-11-21-19(13-16)25(18-7-5-6-8-20(18)29-21)26(32)34-15-24(31)30-22-14-17(28)10-12-23(22)33-4/h5-8,10,12,14,16H,9,11,13,15H2,1-4H3,(H,30,31). The molecule has 0 saturated carbocycles. The van der Waals surface area contributed by atoms with Crippen LogP contribution in [0.4, 0.5) is 5.69 Å². The molecule has 0 radical (unpaired) electrons. The van der Waals surface area contributed by atoms with Crippen LogP contribution in [0, 0.1) is 11.3 Å². The van der Waals surface area contributed by atoms with Crippen molar-refractivity contribution in [1.82, 2.24) is 4.98 Å². The molecule has 4 rings (SSSR count). The number of fused-ring (bicyclic) bond motifs is 2. The van der Waals surface area contributed by atoms with Gasteiger partial charge in [0.2, 0.25) is 0 Å². The zero-order valence-electron chi connectivity index (χ0n) is 19.9. The fourth-order valence-corrected chi connectivity index (χ4v) is 4.70. The van der Waals surface area contributed by atoms with E-state index in [0.717, 1.165) is 41.4 Å². The number of carbonyl (C=O) groups excluding carboxylic acids is 2. The number of pyridine rings is 1. The Morgan fingerprint density at radius 1 is 1.18 bits per heavy atom. The maximum Gasteiger partial charge on any atom is 0.339 e. The molecule has 1 heterocycles. The van der Waals surface area contributed by atoms with Gasteiger partial charge < -0.3 is 14.8 Å². The van der Waals surface area contributed by atoms with Crippen LogP contribution in [0.1, 0.15) is 48.8 Å². The second-order valence-electron chi connectivity index (χ2n) is 9.70. The van der Waals surface area contributed by atoms with Crippen LogP contribution in [-0.2, 0) is 22.4 Å². The van der Waals surface area contributed by atoms with Gasteiger partial charge in [0, 0.05) is 16.1 Å². The maximum absolute atomic E-state index is 13.3. The summed E-state index contributed by atoms with van der Waals surface area (Å²) in [6, 6.07) is 12.5. The molecule has 6 nitrogen and oxygen atoms in total. The normalized spacial score (nSPS) is 15.5. The molecule has 34 heavy (non-hydrogen) atoms. The molecule has 1 aromatic heterocycles. The Kier molecular flexibility index (Phi) is 6.80. The van der Waals surface area contributed by atoms with E-state index in [1.54, 1.807) is 18.2 Å². The van der Waals surface area contributed by atoms with Crippen molar-refractivity contribution in [2.75, 3.05) is 19.0 Å². The maximum atomic E-state index is 13.3. The molecule has 1 amide bonds. The van der Waals surface area contributed by atoms with E-state index < -0.39 is 18.5 Å². The molecule has 178 valence electrons. The van der Waals surface area contributed by atoms with E-state index in [-0.39, 0.29) is 5.41 Å². The summed E-state index contributed by atoms with van der Waals surface area (Å²) in [7, 11) is 1.50. The van der Waals surface area contributed by atoms with Gasteiger partial charge in [-0.05, 0) is 60.4 Å². The topological polar surface area (TPSA) is 77.5 Å². The monoisotopic (exact) mass is 480 g/mol. The first-order chi connectivity index (χ1) is 16.2. The van der Waals surface area contributed by atoms with E-state index in [1.807, 2.05) is 24.3 Å². The zero-order valence-corrected chi connectivity index (χ0v) is 20.7. The molecule has 0 saturated heterocycles. The highest BCUT2D eigenvalue weighted by Gasteiger charge is 2.33. The summed E-state index contributed by atoms with van der Waals surface area (Å²) in [6.07, 6.45) is 2.60. The van der Waals surface area contributed by atoms with Gasteiger partial charge in [0.05, 0.1) is 23.9 Å². The van der Waals surface area contributed by atoms with Gasteiger partial charge in [-0.25, -0.2) is 4.79 Å². The van der Waals surface area contributed by atoms with Crippen LogP contribution in [0.15, 0.2) is 42.5 Å². The minimum Gasteiger partial charge on any atom is -0.495 e. The Labute approximate surface area is 204 Å². The molecule has 0 fully saturated rings. The summed E-state index contributed by atoms with van der Waals surface area (Å²) in [4.78, 5) is 30.7. The first-order valence-corrected chi connectivity index (χ1v) is 11.8. The molecule has 2 aromatic carbocycles. The number of amides is 1. The number of hydrogen-bond acceptors (Lipinski definition) is 5. The molecule has 0 aliphatic heterocycles. The van der Waals surface area contributed by atoms with Gasteiger partial charge in [0.15, 0.2) is 6.61 Å². The summed E-state index contributed by atoms with van der Waals surface area (Å²) in [5.41, 5.74) is 3.68. The predicted molar refractivity (Wildman–Crippen MR) is 134 cm³/mol. The molecule has 0 bridgehead atoms. The lowest BCUT2D eigenvalue weighted by molar-refractivity contribution is -0.119. The summed E-state index contributed by atoms with van der Waals surface area (Å²) in [6.45, 7) is 6.25. The van der Waals surface area contributed by atoms with Crippen molar-refractivity contribution in [3.05, 3.63) is 64.3 Å². The Morgan fingerprint density at radius 2 is 1.94 bits per heavy atom. The molecule has 1 N–H and O–H groups in total. The lowest BCUT2D eigenvalue weighted by Crippen LogP contribution is -2.29. The lowest BCUT2D eigenvalue weighted by atomic mass is 9.70. The highest BCUT2D eigenvalue weighted by molar-refractivity contribution is 6.31. The van der Waals surface area contributed by atoms with Crippen LogP contribution < -0.4 is 10.1 Å². The number of aryl methyl sites for hydroxylation is 1. The van der Waals surface area contributed by atoms with Crippen molar-refractivity contribution in [1.29, 1.82) is 0 Å². The number of halogens is 1. The second-order valence-corrected chi connectivity index (χ2v) is 10.1. The summed E-state index contributed by atoms with van der Waals surface area (Å²) < 4.78 is 10.8. The number of rotatable bonds is 5. The number of nitrogens with one attached hydrogen (secondary N) is 1. The second kappa shape index (κ2) is 9.63. The third-order valence-electron chi connectivity index (χ3n) is 6.46. The molecule has 3 aromatic rings. The van der Waals surface area contributed by atoms with Crippen molar-refractivity contribution < 1.29 is 19.1 Å². The van der Waals surface area contributed by atoms with Crippen LogP contribution in [0.3, 0.4) is 0 Å². The summed E-state index contributed by atoms with van der Waals surface area (Å²) >= 11 is 6.03. The first kappa shape index (κ1) is 24.0. The number of benzene rings is 2. The minimum absolute atomic E-state index is 0.112. The Morgan fingerprint density at radius 3 is 2.68 bits per heavy atom. The number of hydrogen-bond donors (Lipinski definition) is 1. The molecular weight excluding hydrogens is 452 g/mol. The SMILES string of the molecule is COc1ccc(Cl)cc1NC(=O)COC(=O)c1c2c(nc3ccccc13)CCC(C(C)(C)C)C2. The van der Waals surface area contributed by atoms with E-state index in [4.69, 9.17) is 26.1 Å². The number of aromatic nitrogens is 1. The van der Waals surface area contributed by atoms with Crippen molar-refractivity contribution in [3.63, 3.8) is 0 Å². The van der Waals surface area contributed by atoms with Crippen molar-refractivity contribution in [2.24, 2.45) is 11.3 Å². The fourth-order valence-electron chi connectivity index (χ4n) is 4.53. The van der Waals surface area contributed by atoms with E-state index in [0.29, 0.717) is 27.9 Å². The zero-order chi connectivity index (χ0) is 24.5. The third kappa shape index (κ3) is 5.02. The summed E-state index contributed by atoms with van der Waals surface area (Å²) in [5.74, 6) is -0.106. The molecule has 1 aliphatic rings.